The summed E-state index contributed by atoms with van der Waals surface area (Å²) in [6.07, 6.45) is 0.684. The molecular weight excluding hydrogens is 260 g/mol. The fraction of sp³-hybridized carbons (Fsp3) is 0.333. The zero-order valence-corrected chi connectivity index (χ0v) is 10.3. The summed E-state index contributed by atoms with van der Waals surface area (Å²) in [5.74, 6) is -2.32. The number of rotatable bonds is 6. The third kappa shape index (κ3) is 4.01. The van der Waals surface area contributed by atoms with Gasteiger partial charge >= 0.3 is 5.97 Å². The van der Waals surface area contributed by atoms with E-state index in [9.17, 15) is 9.59 Å². The van der Waals surface area contributed by atoms with E-state index in [0.29, 0.717) is 17.0 Å². The van der Waals surface area contributed by atoms with Crippen molar-refractivity contribution in [2.75, 3.05) is 19.5 Å². The third-order valence-electron chi connectivity index (χ3n) is 1.87. The lowest BCUT2D eigenvalue weighted by molar-refractivity contribution is -0.144. The summed E-state index contributed by atoms with van der Waals surface area (Å²) in [5, 5.41) is 5.17. The second kappa shape index (κ2) is 6.55. The Balaban J connectivity index is 2.68. The van der Waals surface area contributed by atoms with E-state index in [-0.39, 0.29) is 6.61 Å². The fourth-order valence-electron chi connectivity index (χ4n) is 1.08. The number of nitrogens with zero attached hydrogens (tertiary/aromatic N) is 2. The van der Waals surface area contributed by atoms with E-state index in [2.05, 4.69) is 14.9 Å². The van der Waals surface area contributed by atoms with Gasteiger partial charge in [-0.25, -0.2) is 4.98 Å². The zero-order valence-electron chi connectivity index (χ0n) is 9.45. The van der Waals surface area contributed by atoms with Gasteiger partial charge in [-0.2, -0.15) is 0 Å². The van der Waals surface area contributed by atoms with Crippen molar-refractivity contribution in [1.29, 1.82) is 0 Å². The molecule has 3 N–H and O–H groups in total. The SMILES string of the molecule is COC(=O)C(CO/N=C/C([NH])=O)c1csc(N)n1. The summed E-state index contributed by atoms with van der Waals surface area (Å²) < 4.78 is 4.60. The number of nitrogens with two attached hydrogens (primary N) is 1. The first kappa shape index (κ1) is 13.9. The molecule has 1 aromatic rings. The van der Waals surface area contributed by atoms with Crippen LogP contribution in [0.15, 0.2) is 10.5 Å². The number of amides is 1. The van der Waals surface area contributed by atoms with Gasteiger partial charge in [0, 0.05) is 5.38 Å². The summed E-state index contributed by atoms with van der Waals surface area (Å²) in [4.78, 5) is 30.5. The van der Waals surface area contributed by atoms with Gasteiger partial charge in [-0.05, 0) is 0 Å². The summed E-state index contributed by atoms with van der Waals surface area (Å²) >= 11 is 1.19. The van der Waals surface area contributed by atoms with E-state index in [0.717, 1.165) is 0 Å². The van der Waals surface area contributed by atoms with Gasteiger partial charge in [-0.3, -0.25) is 15.3 Å². The van der Waals surface area contributed by atoms with E-state index in [1.807, 2.05) is 0 Å². The Kier molecular flexibility index (Phi) is 5.06. The first-order valence-electron chi connectivity index (χ1n) is 4.74. The van der Waals surface area contributed by atoms with Gasteiger partial charge in [0.2, 0.25) is 0 Å². The quantitative estimate of drug-likeness (QED) is 0.433. The normalized spacial score (nSPS) is 12.3. The van der Waals surface area contributed by atoms with Crippen LogP contribution < -0.4 is 11.5 Å². The van der Waals surface area contributed by atoms with Crippen LogP contribution in [0.4, 0.5) is 5.13 Å². The topological polar surface area (TPSA) is 128 Å². The molecule has 0 fully saturated rings. The highest BCUT2D eigenvalue weighted by Gasteiger charge is 2.25. The van der Waals surface area contributed by atoms with Crippen molar-refractivity contribution in [2.24, 2.45) is 5.16 Å². The Labute approximate surface area is 107 Å². The van der Waals surface area contributed by atoms with E-state index < -0.39 is 17.8 Å². The number of oxime groups is 1. The number of carbonyl (C=O) groups excluding carboxylic acids is 2. The third-order valence-corrected chi connectivity index (χ3v) is 2.56. The maximum atomic E-state index is 11.5. The lowest BCUT2D eigenvalue weighted by atomic mass is 10.1. The minimum Gasteiger partial charge on any atom is -0.468 e. The average molecular weight is 271 g/mol. The number of nitrogens with one attached hydrogen (secondary N) is 1. The van der Waals surface area contributed by atoms with Crippen LogP contribution in [0.25, 0.3) is 0 Å². The molecule has 1 atom stereocenters. The number of thiazole rings is 1. The fourth-order valence-corrected chi connectivity index (χ4v) is 1.70. The molecule has 1 aromatic heterocycles. The molecule has 1 radical (unpaired) electrons. The maximum absolute atomic E-state index is 11.5. The Morgan fingerprint density at radius 2 is 2.44 bits per heavy atom. The number of anilines is 1. The van der Waals surface area contributed by atoms with Gasteiger partial charge in [0.25, 0.3) is 5.91 Å². The molecule has 9 heteroatoms. The number of methoxy groups -OCH3 is 1. The second-order valence-electron chi connectivity index (χ2n) is 3.08. The molecule has 1 amide bonds. The van der Waals surface area contributed by atoms with Crippen LogP contribution >= 0.6 is 11.3 Å². The largest absolute Gasteiger partial charge is 0.468 e. The van der Waals surface area contributed by atoms with Crippen molar-refractivity contribution >= 4 is 34.6 Å². The smallest absolute Gasteiger partial charge is 0.318 e. The lowest BCUT2D eigenvalue weighted by Crippen LogP contribution is -2.19. The molecular formula is C9H11N4O4S. The second-order valence-corrected chi connectivity index (χ2v) is 3.97. The predicted octanol–water partition coefficient (Wildman–Crippen LogP) is -0.206. The molecule has 0 bridgehead atoms. The lowest BCUT2D eigenvalue weighted by Gasteiger charge is -2.10. The zero-order chi connectivity index (χ0) is 13.5. The van der Waals surface area contributed by atoms with Gasteiger partial charge in [0.1, 0.15) is 18.7 Å². The molecule has 0 saturated carbocycles. The average Bonchev–Trinajstić information content (AvgIpc) is 2.74. The minimum absolute atomic E-state index is 0.153. The van der Waals surface area contributed by atoms with Crippen molar-refractivity contribution in [1.82, 2.24) is 10.7 Å². The molecule has 1 unspecified atom stereocenters. The van der Waals surface area contributed by atoms with E-state index in [1.54, 1.807) is 5.38 Å². The number of esters is 1. The van der Waals surface area contributed by atoms with Crippen molar-refractivity contribution < 1.29 is 19.2 Å². The van der Waals surface area contributed by atoms with Crippen molar-refractivity contribution in [2.45, 2.75) is 5.92 Å². The minimum atomic E-state index is -0.998. The van der Waals surface area contributed by atoms with Gasteiger partial charge in [-0.1, -0.05) is 5.16 Å². The van der Waals surface area contributed by atoms with Crippen LogP contribution in [0, 0.1) is 0 Å². The number of ether oxygens (including phenoxy) is 1. The standard InChI is InChI=1S/C9H11N4O4S/c1-16-8(15)5(3-17-12-2-7(10)14)6-4-18-9(11)13-6/h2,4-5,10H,3H2,1H3,(H2,11,13)/b12-2+. The number of hydrogen-bond donors (Lipinski definition) is 1. The maximum Gasteiger partial charge on any atom is 0.318 e. The van der Waals surface area contributed by atoms with Crippen LogP contribution in [0.3, 0.4) is 0 Å². The van der Waals surface area contributed by atoms with Crippen LogP contribution in [0.5, 0.6) is 0 Å². The molecule has 0 aliphatic heterocycles. The van der Waals surface area contributed by atoms with E-state index >= 15 is 0 Å². The molecule has 0 aliphatic carbocycles. The molecule has 0 spiro atoms. The molecule has 1 rings (SSSR count). The number of aromatic nitrogens is 1. The van der Waals surface area contributed by atoms with Crippen LogP contribution in [-0.2, 0) is 19.2 Å². The number of carbonyl (C=O) groups is 2. The Bertz CT molecular complexity index is 459. The highest BCUT2D eigenvalue weighted by Crippen LogP contribution is 2.21. The van der Waals surface area contributed by atoms with Gasteiger partial charge in [0.05, 0.1) is 12.8 Å². The monoisotopic (exact) mass is 271 g/mol. The summed E-state index contributed by atoms with van der Waals surface area (Å²) in [6, 6.07) is 0. The van der Waals surface area contributed by atoms with Crippen molar-refractivity contribution in [3.8, 4) is 0 Å². The summed E-state index contributed by atoms with van der Waals surface area (Å²) in [6.45, 7) is -0.153. The Morgan fingerprint density at radius 3 is 2.94 bits per heavy atom. The Hall–Kier alpha value is -2.16. The molecule has 0 aromatic carbocycles. The predicted molar refractivity (Wildman–Crippen MR) is 63.8 cm³/mol. The molecule has 97 valence electrons. The highest BCUT2D eigenvalue weighted by molar-refractivity contribution is 7.13. The van der Waals surface area contributed by atoms with E-state index in [4.69, 9.17) is 16.3 Å². The molecule has 8 nitrogen and oxygen atoms in total. The van der Waals surface area contributed by atoms with Gasteiger partial charge < -0.3 is 15.3 Å². The number of hydrogen-bond acceptors (Lipinski definition) is 8. The van der Waals surface area contributed by atoms with Crippen molar-refractivity contribution in [3.05, 3.63) is 11.1 Å². The number of nitrogen functional groups attached to an aromatic ring is 1. The highest BCUT2D eigenvalue weighted by atomic mass is 32.1. The van der Waals surface area contributed by atoms with Crippen LogP contribution in [-0.4, -0.2) is 36.8 Å². The van der Waals surface area contributed by atoms with E-state index in [1.165, 1.54) is 18.4 Å². The first-order valence-corrected chi connectivity index (χ1v) is 5.62. The Morgan fingerprint density at radius 1 is 1.72 bits per heavy atom. The molecule has 18 heavy (non-hydrogen) atoms. The summed E-state index contributed by atoms with van der Waals surface area (Å²) in [5.41, 5.74) is 12.4. The molecule has 0 saturated heterocycles. The molecule has 0 aliphatic rings. The summed E-state index contributed by atoms with van der Waals surface area (Å²) in [7, 11) is 1.24. The van der Waals surface area contributed by atoms with Gasteiger partial charge in [-0.15, -0.1) is 11.3 Å². The van der Waals surface area contributed by atoms with Crippen LogP contribution in [0.2, 0.25) is 0 Å². The van der Waals surface area contributed by atoms with Crippen LogP contribution in [0.1, 0.15) is 11.6 Å². The van der Waals surface area contributed by atoms with Crippen molar-refractivity contribution in [3.63, 3.8) is 0 Å². The molecule has 1 heterocycles. The first-order chi connectivity index (χ1) is 8.54. The van der Waals surface area contributed by atoms with Gasteiger partial charge in [0.15, 0.2) is 5.13 Å².